The highest BCUT2D eigenvalue weighted by Crippen LogP contribution is 2.68. The van der Waals surface area contributed by atoms with Gasteiger partial charge in [-0.15, -0.1) is 0 Å². The van der Waals surface area contributed by atoms with Crippen LogP contribution in [0.3, 0.4) is 0 Å². The van der Waals surface area contributed by atoms with Gasteiger partial charge in [0.2, 0.25) is 0 Å². The Morgan fingerprint density at radius 1 is 1.35 bits per heavy atom. The van der Waals surface area contributed by atoms with Crippen LogP contribution in [0.15, 0.2) is 11.4 Å². The SMILES string of the molecule is C/C(F)=C1\CN2CCC3(CC3)[C@@]2(CC(C)C)C1. The minimum atomic E-state index is 0.0818. The molecule has 1 saturated carbocycles. The lowest BCUT2D eigenvalue weighted by molar-refractivity contribution is 0.108. The number of hydrogen-bond acceptors (Lipinski definition) is 1. The van der Waals surface area contributed by atoms with Crippen LogP contribution in [0.1, 0.15) is 52.9 Å². The van der Waals surface area contributed by atoms with Crippen LogP contribution < -0.4 is 0 Å². The predicted molar refractivity (Wildman–Crippen MR) is 68.5 cm³/mol. The normalized spacial score (nSPS) is 37.9. The average Bonchev–Trinajstić information content (AvgIpc) is 2.86. The molecule has 0 bridgehead atoms. The monoisotopic (exact) mass is 237 g/mol. The summed E-state index contributed by atoms with van der Waals surface area (Å²) in [6.07, 6.45) is 6.39. The van der Waals surface area contributed by atoms with Gasteiger partial charge in [-0.3, -0.25) is 4.90 Å². The molecule has 3 aliphatic rings. The molecule has 3 rings (SSSR count). The fraction of sp³-hybridized carbons (Fsp3) is 0.867. The zero-order valence-electron chi connectivity index (χ0n) is 11.4. The molecule has 0 N–H and O–H groups in total. The van der Waals surface area contributed by atoms with Crippen molar-refractivity contribution in [2.24, 2.45) is 11.3 Å². The minimum absolute atomic E-state index is 0.0818. The fourth-order valence-corrected chi connectivity index (χ4v) is 4.49. The summed E-state index contributed by atoms with van der Waals surface area (Å²) in [5, 5.41) is 0. The third-order valence-corrected chi connectivity index (χ3v) is 5.43. The summed E-state index contributed by atoms with van der Waals surface area (Å²) in [6, 6.07) is 0. The van der Waals surface area contributed by atoms with Gasteiger partial charge in [-0.2, -0.15) is 0 Å². The molecule has 1 aliphatic carbocycles. The Morgan fingerprint density at radius 3 is 2.59 bits per heavy atom. The second-order valence-electron chi connectivity index (χ2n) is 6.90. The van der Waals surface area contributed by atoms with Gasteiger partial charge in [-0.1, -0.05) is 13.8 Å². The van der Waals surface area contributed by atoms with Crippen molar-refractivity contribution in [1.82, 2.24) is 4.90 Å². The molecule has 96 valence electrons. The van der Waals surface area contributed by atoms with E-state index in [9.17, 15) is 4.39 Å². The molecule has 0 unspecified atom stereocenters. The van der Waals surface area contributed by atoms with Crippen molar-refractivity contribution in [1.29, 1.82) is 0 Å². The first kappa shape index (κ1) is 11.7. The molecule has 0 radical (unpaired) electrons. The van der Waals surface area contributed by atoms with Crippen LogP contribution in [0.2, 0.25) is 0 Å². The largest absolute Gasteiger partial charge is 0.293 e. The van der Waals surface area contributed by atoms with Crippen molar-refractivity contribution < 1.29 is 4.39 Å². The van der Waals surface area contributed by atoms with Crippen LogP contribution in [0.5, 0.6) is 0 Å². The van der Waals surface area contributed by atoms with E-state index >= 15 is 0 Å². The van der Waals surface area contributed by atoms with E-state index in [1.807, 2.05) is 0 Å². The molecule has 0 aromatic rings. The smallest absolute Gasteiger partial charge is 0.0974 e. The second kappa shape index (κ2) is 3.57. The van der Waals surface area contributed by atoms with Crippen LogP contribution in [0.4, 0.5) is 4.39 Å². The van der Waals surface area contributed by atoms with Gasteiger partial charge in [0.15, 0.2) is 0 Å². The van der Waals surface area contributed by atoms with Crippen LogP contribution >= 0.6 is 0 Å². The number of halogens is 1. The Hall–Kier alpha value is -0.370. The summed E-state index contributed by atoms with van der Waals surface area (Å²) >= 11 is 0. The Morgan fingerprint density at radius 2 is 2.06 bits per heavy atom. The van der Waals surface area contributed by atoms with Gasteiger partial charge >= 0.3 is 0 Å². The first-order valence-electron chi connectivity index (χ1n) is 7.08. The van der Waals surface area contributed by atoms with Crippen molar-refractivity contribution in [2.45, 2.75) is 58.4 Å². The van der Waals surface area contributed by atoms with Crippen molar-refractivity contribution in [3.63, 3.8) is 0 Å². The van der Waals surface area contributed by atoms with E-state index in [0.717, 1.165) is 18.5 Å². The Kier molecular flexibility index (Phi) is 2.46. The van der Waals surface area contributed by atoms with E-state index in [0.29, 0.717) is 16.9 Å². The van der Waals surface area contributed by atoms with E-state index < -0.39 is 0 Å². The standard InChI is InChI=1S/C15H24FN/c1-11(2)8-15-9-13(12(3)16)10-17(15)7-6-14(15)4-5-14/h11H,4-10H2,1-3H3/b13-12+/t15-/m1/s1. The topological polar surface area (TPSA) is 3.24 Å². The number of rotatable bonds is 2. The lowest BCUT2D eigenvalue weighted by Crippen LogP contribution is -2.45. The molecule has 1 nitrogen and oxygen atoms in total. The maximum atomic E-state index is 13.5. The molecule has 3 fully saturated rings. The average molecular weight is 237 g/mol. The summed E-state index contributed by atoms with van der Waals surface area (Å²) < 4.78 is 13.5. The number of fused-ring (bicyclic) bond motifs is 2. The van der Waals surface area contributed by atoms with Gasteiger partial charge in [0.05, 0.1) is 5.83 Å². The lowest BCUT2D eigenvalue weighted by atomic mass is 9.74. The van der Waals surface area contributed by atoms with Crippen LogP contribution in [-0.2, 0) is 0 Å². The zero-order chi connectivity index (χ0) is 12.3. The molecule has 0 amide bonds. The lowest BCUT2D eigenvalue weighted by Gasteiger charge is -2.39. The highest BCUT2D eigenvalue weighted by Gasteiger charge is 2.66. The van der Waals surface area contributed by atoms with E-state index in [1.54, 1.807) is 6.92 Å². The predicted octanol–water partition coefficient (Wildman–Crippen LogP) is 3.90. The van der Waals surface area contributed by atoms with E-state index in [1.165, 1.54) is 32.2 Å². The fourth-order valence-electron chi connectivity index (χ4n) is 4.49. The third-order valence-electron chi connectivity index (χ3n) is 5.43. The van der Waals surface area contributed by atoms with Gasteiger partial charge in [-0.05, 0) is 62.5 Å². The maximum Gasteiger partial charge on any atom is 0.0974 e. The Bertz CT molecular complexity index is 363. The quantitative estimate of drug-likeness (QED) is 0.704. The second-order valence-corrected chi connectivity index (χ2v) is 6.90. The first-order valence-corrected chi connectivity index (χ1v) is 7.08. The van der Waals surface area contributed by atoms with Crippen LogP contribution in [0.25, 0.3) is 0 Å². The molecule has 2 heteroatoms. The Balaban J connectivity index is 1.96. The summed E-state index contributed by atoms with van der Waals surface area (Å²) in [4.78, 5) is 2.61. The van der Waals surface area contributed by atoms with Gasteiger partial charge in [0, 0.05) is 12.1 Å². The third kappa shape index (κ3) is 1.53. The number of nitrogens with zero attached hydrogens (tertiary/aromatic N) is 1. The highest BCUT2D eigenvalue weighted by molar-refractivity contribution is 5.30. The summed E-state index contributed by atoms with van der Waals surface area (Å²) in [5.74, 6) is 0.797. The van der Waals surface area contributed by atoms with Gasteiger partial charge < -0.3 is 0 Å². The number of hydrogen-bond donors (Lipinski definition) is 0. The van der Waals surface area contributed by atoms with Crippen molar-refractivity contribution >= 4 is 0 Å². The van der Waals surface area contributed by atoms with E-state index in [-0.39, 0.29) is 5.83 Å². The first-order chi connectivity index (χ1) is 7.99. The van der Waals surface area contributed by atoms with E-state index in [2.05, 4.69) is 18.7 Å². The molecule has 17 heavy (non-hydrogen) atoms. The molecule has 1 spiro atoms. The molecule has 2 heterocycles. The molecular weight excluding hydrogens is 213 g/mol. The molecule has 2 saturated heterocycles. The van der Waals surface area contributed by atoms with Crippen molar-refractivity contribution in [2.75, 3.05) is 13.1 Å². The minimum Gasteiger partial charge on any atom is -0.293 e. The molecule has 0 aromatic carbocycles. The van der Waals surface area contributed by atoms with Gasteiger partial charge in [0.25, 0.3) is 0 Å². The highest BCUT2D eigenvalue weighted by atomic mass is 19.1. The number of allylic oxidation sites excluding steroid dienone is 1. The van der Waals surface area contributed by atoms with Crippen molar-refractivity contribution in [3.05, 3.63) is 11.4 Å². The summed E-state index contributed by atoms with van der Waals surface area (Å²) in [6.45, 7) is 8.36. The summed E-state index contributed by atoms with van der Waals surface area (Å²) in [7, 11) is 0. The van der Waals surface area contributed by atoms with Crippen LogP contribution in [0, 0.1) is 11.3 Å². The van der Waals surface area contributed by atoms with Crippen LogP contribution in [-0.4, -0.2) is 23.5 Å². The summed E-state index contributed by atoms with van der Waals surface area (Å²) in [5.41, 5.74) is 1.97. The van der Waals surface area contributed by atoms with E-state index in [4.69, 9.17) is 0 Å². The molecule has 1 atom stereocenters. The zero-order valence-corrected chi connectivity index (χ0v) is 11.4. The van der Waals surface area contributed by atoms with Crippen molar-refractivity contribution in [3.8, 4) is 0 Å². The molecule has 0 aromatic heterocycles. The molecular formula is C15H24FN. The van der Waals surface area contributed by atoms with Gasteiger partial charge in [-0.25, -0.2) is 4.39 Å². The molecule has 2 aliphatic heterocycles. The maximum absolute atomic E-state index is 13.5. The van der Waals surface area contributed by atoms with Gasteiger partial charge in [0.1, 0.15) is 0 Å². The Labute approximate surface area is 104 Å².